The van der Waals surface area contributed by atoms with Crippen LogP contribution in [0.3, 0.4) is 0 Å². The van der Waals surface area contributed by atoms with Gasteiger partial charge in [-0.05, 0) is 28.8 Å². The predicted molar refractivity (Wildman–Crippen MR) is 140 cm³/mol. The summed E-state index contributed by atoms with van der Waals surface area (Å²) in [6, 6.07) is 26.1. The smallest absolute Gasteiger partial charge is 0.221 e. The van der Waals surface area contributed by atoms with Gasteiger partial charge in [-0.2, -0.15) is 10.2 Å². The van der Waals surface area contributed by atoms with Crippen molar-refractivity contribution in [1.82, 2.24) is 24.4 Å². The number of primary amides is 1. The van der Waals surface area contributed by atoms with Crippen molar-refractivity contribution in [2.75, 3.05) is 5.73 Å². The van der Waals surface area contributed by atoms with Gasteiger partial charge in [0.1, 0.15) is 11.8 Å². The van der Waals surface area contributed by atoms with Crippen molar-refractivity contribution in [3.8, 4) is 22.4 Å². The summed E-state index contributed by atoms with van der Waals surface area (Å²) in [6.45, 7) is 0.696. The maximum absolute atomic E-state index is 11.7. The van der Waals surface area contributed by atoms with E-state index >= 15 is 0 Å². The molecule has 176 valence electrons. The zero-order chi connectivity index (χ0) is 24.6. The Morgan fingerprint density at radius 2 is 1.72 bits per heavy atom. The van der Waals surface area contributed by atoms with Gasteiger partial charge in [-0.1, -0.05) is 66.7 Å². The molecule has 0 spiro atoms. The van der Waals surface area contributed by atoms with Crippen LogP contribution in [0, 0.1) is 0 Å². The number of hydrogen-bond donors (Lipinski definition) is 2. The molecular weight excluding hydrogens is 450 g/mol. The lowest BCUT2D eigenvalue weighted by atomic mass is 10.00. The van der Waals surface area contributed by atoms with E-state index < -0.39 is 5.91 Å². The molecule has 3 heterocycles. The molecule has 36 heavy (non-hydrogen) atoms. The number of benzene rings is 3. The summed E-state index contributed by atoms with van der Waals surface area (Å²) >= 11 is 0. The fourth-order valence-corrected chi connectivity index (χ4v) is 4.68. The minimum absolute atomic E-state index is 0.129. The number of nitrogen functional groups attached to an aromatic ring is 1. The van der Waals surface area contributed by atoms with E-state index in [0.29, 0.717) is 17.9 Å². The number of nitrogens with two attached hydrogens (primary N) is 2. The van der Waals surface area contributed by atoms with E-state index in [2.05, 4.69) is 40.4 Å². The normalized spacial score (nSPS) is 11.3. The topological polar surface area (TPSA) is 117 Å². The monoisotopic (exact) mass is 473 g/mol. The summed E-state index contributed by atoms with van der Waals surface area (Å²) in [5.41, 5.74) is 18.9. The Labute approximate surface area is 206 Å². The minimum Gasteiger partial charge on any atom is -0.382 e. The predicted octanol–water partition coefficient (Wildman–Crippen LogP) is 4.07. The largest absolute Gasteiger partial charge is 0.382 e. The fraction of sp³-hybridized carbons (Fsp3) is 0.0714. The highest BCUT2D eigenvalue weighted by molar-refractivity contribution is 5.95. The van der Waals surface area contributed by atoms with Gasteiger partial charge in [-0.15, -0.1) is 0 Å². The molecule has 0 aliphatic heterocycles. The lowest BCUT2D eigenvalue weighted by molar-refractivity contribution is -0.117. The van der Waals surface area contributed by atoms with E-state index in [-0.39, 0.29) is 6.42 Å². The van der Waals surface area contributed by atoms with Crippen molar-refractivity contribution in [3.63, 3.8) is 0 Å². The van der Waals surface area contributed by atoms with Gasteiger partial charge in [0.05, 0.1) is 24.2 Å². The van der Waals surface area contributed by atoms with Crippen LogP contribution in [-0.4, -0.2) is 30.3 Å². The summed E-state index contributed by atoms with van der Waals surface area (Å²) in [7, 11) is 0. The molecule has 0 saturated carbocycles. The molecule has 0 aliphatic rings. The van der Waals surface area contributed by atoms with Crippen LogP contribution >= 0.6 is 0 Å². The molecule has 0 unspecified atom stereocenters. The molecule has 0 atom stereocenters. The lowest BCUT2D eigenvalue weighted by Crippen LogP contribution is -2.14. The summed E-state index contributed by atoms with van der Waals surface area (Å²) in [6.07, 6.45) is 3.61. The highest BCUT2D eigenvalue weighted by atomic mass is 16.1. The van der Waals surface area contributed by atoms with Gasteiger partial charge >= 0.3 is 0 Å². The average molecular weight is 474 g/mol. The Balaban J connectivity index is 1.48. The van der Waals surface area contributed by atoms with Crippen LogP contribution in [0.25, 0.3) is 38.8 Å². The van der Waals surface area contributed by atoms with E-state index in [1.54, 1.807) is 4.52 Å². The van der Waals surface area contributed by atoms with Crippen LogP contribution in [0.15, 0.2) is 91.4 Å². The first-order valence-electron chi connectivity index (χ1n) is 11.6. The first-order valence-corrected chi connectivity index (χ1v) is 11.6. The van der Waals surface area contributed by atoms with Crippen molar-refractivity contribution in [1.29, 1.82) is 0 Å². The summed E-state index contributed by atoms with van der Waals surface area (Å²) in [4.78, 5) is 15.9. The van der Waals surface area contributed by atoms with E-state index in [4.69, 9.17) is 16.6 Å². The Bertz CT molecular complexity index is 1730. The van der Waals surface area contributed by atoms with Crippen molar-refractivity contribution in [3.05, 3.63) is 103 Å². The van der Waals surface area contributed by atoms with Crippen molar-refractivity contribution >= 4 is 28.1 Å². The van der Waals surface area contributed by atoms with Crippen molar-refractivity contribution < 1.29 is 4.79 Å². The molecule has 8 heteroatoms. The molecule has 1 amide bonds. The van der Waals surface area contributed by atoms with Gasteiger partial charge in [0, 0.05) is 22.7 Å². The number of carbonyl (C=O) groups is 1. The highest BCUT2D eigenvalue weighted by Gasteiger charge is 2.19. The van der Waals surface area contributed by atoms with Crippen molar-refractivity contribution in [2.45, 2.75) is 13.0 Å². The number of hydrogen-bond acceptors (Lipinski definition) is 5. The Morgan fingerprint density at radius 1 is 0.917 bits per heavy atom. The molecule has 6 aromatic rings. The molecule has 3 aromatic carbocycles. The lowest BCUT2D eigenvalue weighted by Gasteiger charge is -2.08. The zero-order valence-corrected chi connectivity index (χ0v) is 19.4. The molecule has 4 N–H and O–H groups in total. The second-order valence-electron chi connectivity index (χ2n) is 8.74. The SMILES string of the molecule is NC(=O)Cc1ccccc1-c1cc(-c2ccc3cn(Cc4ccccc4)nc3c2)c2c(N)ncnn12. The summed E-state index contributed by atoms with van der Waals surface area (Å²) in [5.74, 6) is -0.0254. The minimum atomic E-state index is -0.394. The Morgan fingerprint density at radius 3 is 2.56 bits per heavy atom. The number of rotatable bonds is 6. The average Bonchev–Trinajstić information content (AvgIpc) is 3.46. The maximum Gasteiger partial charge on any atom is 0.221 e. The molecule has 3 aromatic heterocycles. The summed E-state index contributed by atoms with van der Waals surface area (Å²) < 4.78 is 3.72. The standard InChI is InChI=1S/C28H23N7O/c29-26(36)13-19-8-4-5-9-22(19)25-14-23(27-28(30)31-17-32-35(25)27)20-10-11-21-16-34(33-24(21)12-20)15-18-6-2-1-3-7-18/h1-12,14,16-17H,13,15H2,(H2,29,36)(H2,30,31,32). The number of aromatic nitrogens is 5. The van der Waals surface area contributed by atoms with E-state index in [9.17, 15) is 4.79 Å². The molecule has 0 radical (unpaired) electrons. The molecular formula is C28H23N7O. The van der Waals surface area contributed by atoms with Gasteiger partial charge in [-0.3, -0.25) is 9.48 Å². The van der Waals surface area contributed by atoms with Crippen LogP contribution in [0.1, 0.15) is 11.1 Å². The highest BCUT2D eigenvalue weighted by Crippen LogP contribution is 2.36. The Hall–Kier alpha value is -4.98. The third kappa shape index (κ3) is 3.84. The number of amides is 1. The van der Waals surface area contributed by atoms with Crippen LogP contribution in [0.4, 0.5) is 5.82 Å². The number of nitrogens with zero attached hydrogens (tertiary/aromatic N) is 5. The second-order valence-corrected chi connectivity index (χ2v) is 8.74. The third-order valence-electron chi connectivity index (χ3n) is 6.29. The number of carbonyl (C=O) groups excluding carboxylic acids is 1. The number of fused-ring (bicyclic) bond motifs is 2. The quantitative estimate of drug-likeness (QED) is 0.378. The Kier molecular flexibility index (Phi) is 5.19. The fourth-order valence-electron chi connectivity index (χ4n) is 4.68. The maximum atomic E-state index is 11.7. The van der Waals surface area contributed by atoms with Gasteiger partial charge in [0.15, 0.2) is 5.82 Å². The first kappa shape index (κ1) is 21.5. The van der Waals surface area contributed by atoms with Gasteiger partial charge < -0.3 is 11.5 Å². The van der Waals surface area contributed by atoms with Crippen LogP contribution < -0.4 is 11.5 Å². The van der Waals surface area contributed by atoms with Crippen LogP contribution in [0.2, 0.25) is 0 Å². The molecule has 0 saturated heterocycles. The molecule has 8 nitrogen and oxygen atoms in total. The number of anilines is 1. The molecule has 0 fully saturated rings. The zero-order valence-electron chi connectivity index (χ0n) is 19.4. The van der Waals surface area contributed by atoms with Gasteiger partial charge in [-0.25, -0.2) is 9.50 Å². The van der Waals surface area contributed by atoms with E-state index in [0.717, 1.165) is 38.9 Å². The molecule has 0 bridgehead atoms. The first-order chi connectivity index (χ1) is 17.6. The molecule has 6 rings (SSSR count). The molecule has 0 aliphatic carbocycles. The third-order valence-corrected chi connectivity index (χ3v) is 6.29. The summed E-state index contributed by atoms with van der Waals surface area (Å²) in [5, 5.41) is 10.3. The van der Waals surface area contributed by atoms with Crippen molar-refractivity contribution in [2.24, 2.45) is 5.73 Å². The van der Waals surface area contributed by atoms with Gasteiger partial charge in [0.25, 0.3) is 0 Å². The van der Waals surface area contributed by atoms with E-state index in [1.165, 1.54) is 11.9 Å². The second kappa shape index (κ2) is 8.66. The van der Waals surface area contributed by atoms with E-state index in [1.807, 2.05) is 59.4 Å². The van der Waals surface area contributed by atoms with Gasteiger partial charge in [0.2, 0.25) is 5.91 Å². The van der Waals surface area contributed by atoms with Crippen LogP contribution in [0.5, 0.6) is 0 Å². The van der Waals surface area contributed by atoms with Crippen LogP contribution in [-0.2, 0) is 17.8 Å².